The fourth-order valence-corrected chi connectivity index (χ4v) is 4.06. The van der Waals surface area contributed by atoms with Crippen molar-refractivity contribution in [3.05, 3.63) is 89.7 Å². The van der Waals surface area contributed by atoms with E-state index >= 15 is 0 Å². The summed E-state index contributed by atoms with van der Waals surface area (Å²) in [6.45, 7) is 3.24. The van der Waals surface area contributed by atoms with Crippen molar-refractivity contribution in [1.29, 1.82) is 0 Å². The molecule has 3 heterocycles. The fraction of sp³-hybridized carbons (Fsp3) is 0.185. The number of fused-ring (bicyclic) bond motifs is 1. The van der Waals surface area contributed by atoms with Crippen molar-refractivity contribution in [2.24, 2.45) is 7.05 Å². The topological polar surface area (TPSA) is 97.9 Å². The van der Waals surface area contributed by atoms with Gasteiger partial charge in [-0.25, -0.2) is 4.68 Å². The molecule has 0 aliphatic carbocycles. The van der Waals surface area contributed by atoms with Crippen molar-refractivity contribution in [1.82, 2.24) is 24.5 Å². The molecule has 2 N–H and O–H groups in total. The Hall–Kier alpha value is -4.51. The van der Waals surface area contributed by atoms with E-state index in [4.69, 9.17) is 0 Å². The number of para-hydroxylation sites is 1. The highest BCUT2D eigenvalue weighted by Crippen LogP contribution is 2.37. The van der Waals surface area contributed by atoms with Crippen molar-refractivity contribution in [2.75, 3.05) is 5.32 Å². The maximum Gasteiger partial charge on any atom is 0.417 e. The maximum atomic E-state index is 13.7. The van der Waals surface area contributed by atoms with Gasteiger partial charge >= 0.3 is 6.18 Å². The van der Waals surface area contributed by atoms with Crippen LogP contribution in [0.25, 0.3) is 28.0 Å². The number of amides is 1. The zero-order valence-electron chi connectivity index (χ0n) is 20.7. The zero-order chi connectivity index (χ0) is 27.2. The number of benzene rings is 2. The summed E-state index contributed by atoms with van der Waals surface area (Å²) in [5, 5.41) is 21.9. The van der Waals surface area contributed by atoms with Gasteiger partial charge in [-0.2, -0.15) is 23.4 Å². The van der Waals surface area contributed by atoms with Crippen LogP contribution in [0.3, 0.4) is 0 Å². The number of carbonyl (C=O) groups is 1. The average molecular weight is 521 g/mol. The van der Waals surface area contributed by atoms with E-state index in [1.807, 2.05) is 6.07 Å². The molecule has 0 spiro atoms. The lowest BCUT2D eigenvalue weighted by molar-refractivity contribution is -0.137. The third-order valence-corrected chi connectivity index (χ3v) is 6.03. The number of hydrogen-bond donors (Lipinski definition) is 2. The molecule has 5 aromatic rings. The first kappa shape index (κ1) is 25.2. The number of rotatable bonds is 5. The molecular formula is C27H23F3N6O2. The third-order valence-electron chi connectivity index (χ3n) is 6.03. The number of aryl methyl sites for hydroxylation is 1. The summed E-state index contributed by atoms with van der Waals surface area (Å²) < 4.78 is 44.1. The second-order valence-corrected chi connectivity index (χ2v) is 9.33. The van der Waals surface area contributed by atoms with Gasteiger partial charge in [-0.1, -0.05) is 18.2 Å². The number of aliphatic hydroxyl groups is 1. The first-order valence-electron chi connectivity index (χ1n) is 11.6. The van der Waals surface area contributed by atoms with Crippen molar-refractivity contribution in [2.45, 2.75) is 25.6 Å². The molecule has 0 saturated carbocycles. The molecule has 0 atom stereocenters. The monoisotopic (exact) mass is 520 g/mol. The number of carbonyl (C=O) groups excluding carboxylic acids is 1. The maximum absolute atomic E-state index is 13.7. The minimum absolute atomic E-state index is 0.000673. The minimum Gasteiger partial charge on any atom is -0.386 e. The lowest BCUT2D eigenvalue weighted by Gasteiger charge is -2.16. The van der Waals surface area contributed by atoms with Crippen molar-refractivity contribution >= 4 is 22.8 Å². The van der Waals surface area contributed by atoms with Gasteiger partial charge in [-0.15, -0.1) is 0 Å². The van der Waals surface area contributed by atoms with Gasteiger partial charge in [0.2, 0.25) is 0 Å². The quantitative estimate of drug-likeness (QED) is 0.327. The standard InChI is InChI=1S/C27H23F3N6O2/c1-26(2,38)17-14-22-23(31-15-17)24(36(34-22)18-7-5-4-6-8-18)32-25(37)16-9-10-20(27(28,29)30)19(13-16)21-11-12-35(3)33-21/h4-15,38H,1-3H3,(H,32,37). The first-order chi connectivity index (χ1) is 17.9. The van der Waals surface area contributed by atoms with Gasteiger partial charge in [0, 0.05) is 36.1 Å². The SMILES string of the molecule is Cn1ccc(-c2cc(C(=O)Nc3c4ncc(C(C)(C)O)cc4nn3-c3ccccc3)ccc2C(F)(F)F)n1. The summed E-state index contributed by atoms with van der Waals surface area (Å²) in [5.74, 6) is -0.416. The summed E-state index contributed by atoms with van der Waals surface area (Å²) in [7, 11) is 1.60. The van der Waals surface area contributed by atoms with Gasteiger partial charge in [-0.05, 0) is 56.3 Å². The van der Waals surface area contributed by atoms with Crippen LogP contribution < -0.4 is 5.32 Å². The third kappa shape index (κ3) is 4.75. The summed E-state index contributed by atoms with van der Waals surface area (Å²) in [4.78, 5) is 17.8. The highest BCUT2D eigenvalue weighted by atomic mass is 19.4. The van der Waals surface area contributed by atoms with Gasteiger partial charge in [-0.3, -0.25) is 14.5 Å². The minimum atomic E-state index is -4.63. The van der Waals surface area contributed by atoms with Crippen molar-refractivity contribution in [3.63, 3.8) is 0 Å². The van der Waals surface area contributed by atoms with E-state index in [0.29, 0.717) is 22.3 Å². The Balaban J connectivity index is 1.60. The predicted molar refractivity (Wildman–Crippen MR) is 136 cm³/mol. The summed E-state index contributed by atoms with van der Waals surface area (Å²) in [6.07, 6.45) is -1.61. The molecule has 0 fully saturated rings. The Kier molecular flexibility index (Phi) is 6.03. The molecule has 3 aromatic heterocycles. The van der Waals surface area contributed by atoms with E-state index in [1.165, 1.54) is 33.9 Å². The van der Waals surface area contributed by atoms with Crippen LogP contribution in [0.2, 0.25) is 0 Å². The number of nitrogens with one attached hydrogen (secondary N) is 1. The Morgan fingerprint density at radius 3 is 2.37 bits per heavy atom. The molecular weight excluding hydrogens is 497 g/mol. The number of anilines is 1. The molecule has 0 unspecified atom stereocenters. The Labute approximate surface area is 215 Å². The largest absolute Gasteiger partial charge is 0.417 e. The first-order valence-corrected chi connectivity index (χ1v) is 11.6. The van der Waals surface area contributed by atoms with E-state index < -0.39 is 23.2 Å². The Morgan fingerprint density at radius 2 is 1.74 bits per heavy atom. The molecule has 0 saturated heterocycles. The molecule has 0 aliphatic heterocycles. The average Bonchev–Trinajstić information content (AvgIpc) is 3.46. The highest BCUT2D eigenvalue weighted by molar-refractivity contribution is 6.08. The second-order valence-electron chi connectivity index (χ2n) is 9.33. The Morgan fingerprint density at radius 1 is 1.00 bits per heavy atom. The van der Waals surface area contributed by atoms with E-state index in [1.54, 1.807) is 51.2 Å². The normalized spacial score (nSPS) is 12.2. The molecule has 38 heavy (non-hydrogen) atoms. The van der Waals surface area contributed by atoms with Crippen LogP contribution in [0.1, 0.15) is 35.3 Å². The van der Waals surface area contributed by atoms with E-state index in [2.05, 4.69) is 20.5 Å². The molecule has 5 rings (SSSR count). The fourth-order valence-electron chi connectivity index (χ4n) is 4.06. The number of pyridine rings is 1. The van der Waals surface area contributed by atoms with Gasteiger partial charge in [0.15, 0.2) is 5.82 Å². The van der Waals surface area contributed by atoms with Crippen LogP contribution >= 0.6 is 0 Å². The van der Waals surface area contributed by atoms with Crippen LogP contribution in [-0.4, -0.2) is 35.6 Å². The molecule has 194 valence electrons. The molecule has 0 bridgehead atoms. The van der Waals surface area contributed by atoms with Crippen LogP contribution in [-0.2, 0) is 18.8 Å². The summed E-state index contributed by atoms with van der Waals surface area (Å²) >= 11 is 0. The van der Waals surface area contributed by atoms with E-state index in [9.17, 15) is 23.1 Å². The molecule has 0 radical (unpaired) electrons. The van der Waals surface area contributed by atoms with Crippen LogP contribution in [0, 0.1) is 0 Å². The molecule has 11 heteroatoms. The van der Waals surface area contributed by atoms with Crippen LogP contribution in [0.5, 0.6) is 0 Å². The second kappa shape index (κ2) is 9.10. The smallest absolute Gasteiger partial charge is 0.386 e. The van der Waals surface area contributed by atoms with Gasteiger partial charge in [0.1, 0.15) is 11.0 Å². The summed E-state index contributed by atoms with van der Waals surface area (Å²) in [6, 6.07) is 15.3. The van der Waals surface area contributed by atoms with Gasteiger partial charge < -0.3 is 10.4 Å². The number of halogens is 3. The van der Waals surface area contributed by atoms with Crippen LogP contribution in [0.4, 0.5) is 19.0 Å². The molecule has 2 aromatic carbocycles. The van der Waals surface area contributed by atoms with Gasteiger partial charge in [0.25, 0.3) is 5.91 Å². The van der Waals surface area contributed by atoms with Crippen molar-refractivity contribution < 1.29 is 23.1 Å². The Bertz CT molecular complexity index is 1650. The highest BCUT2D eigenvalue weighted by Gasteiger charge is 2.35. The van der Waals surface area contributed by atoms with E-state index in [0.717, 1.165) is 12.1 Å². The molecule has 1 amide bonds. The number of alkyl halides is 3. The molecule has 0 aliphatic rings. The number of hydrogen-bond acceptors (Lipinski definition) is 5. The number of nitrogens with zero attached hydrogens (tertiary/aromatic N) is 5. The lowest BCUT2D eigenvalue weighted by Crippen LogP contribution is -2.17. The van der Waals surface area contributed by atoms with Crippen molar-refractivity contribution in [3.8, 4) is 16.9 Å². The zero-order valence-corrected chi connectivity index (χ0v) is 20.7. The lowest BCUT2D eigenvalue weighted by atomic mass is 10.00. The molecule has 8 nitrogen and oxygen atoms in total. The van der Waals surface area contributed by atoms with E-state index in [-0.39, 0.29) is 22.6 Å². The summed E-state index contributed by atoms with van der Waals surface area (Å²) in [5.41, 5.74) is -0.235. The number of aromatic nitrogens is 5. The predicted octanol–water partition coefficient (Wildman–Crippen LogP) is 5.32. The van der Waals surface area contributed by atoms with Gasteiger partial charge in [0.05, 0.1) is 22.5 Å². The van der Waals surface area contributed by atoms with Crippen LogP contribution in [0.15, 0.2) is 73.1 Å².